The number of amides is 2. The maximum Gasteiger partial charge on any atom is 0.335 e. The molecule has 1 aliphatic heterocycles. The number of carboxylic acid groups (broad SMARTS) is 1. The summed E-state index contributed by atoms with van der Waals surface area (Å²) in [6.07, 6.45) is 2.04. The van der Waals surface area contributed by atoms with Gasteiger partial charge in [-0.25, -0.2) is 9.59 Å². The van der Waals surface area contributed by atoms with Gasteiger partial charge in [-0.15, -0.1) is 0 Å². The molecule has 1 atom stereocenters. The van der Waals surface area contributed by atoms with Gasteiger partial charge in [0.2, 0.25) is 0 Å². The van der Waals surface area contributed by atoms with Crippen LogP contribution in [0.4, 0.5) is 10.5 Å². The van der Waals surface area contributed by atoms with Gasteiger partial charge in [-0.2, -0.15) is 0 Å². The van der Waals surface area contributed by atoms with E-state index in [1.807, 2.05) is 25.2 Å². The maximum absolute atomic E-state index is 12.5. The summed E-state index contributed by atoms with van der Waals surface area (Å²) in [5, 5.41) is 11.9. The van der Waals surface area contributed by atoms with Crippen molar-refractivity contribution >= 4 is 17.7 Å². The number of rotatable bonds is 5. The number of nitrogens with one attached hydrogen (secondary N) is 1. The summed E-state index contributed by atoms with van der Waals surface area (Å²) < 4.78 is 0. The molecule has 2 aromatic carbocycles. The fourth-order valence-corrected chi connectivity index (χ4v) is 3.38. The lowest BCUT2D eigenvalue weighted by Gasteiger charge is -2.38. The van der Waals surface area contributed by atoms with Crippen molar-refractivity contribution in [2.75, 3.05) is 25.0 Å². The lowest BCUT2D eigenvalue weighted by molar-refractivity contribution is 0.0697. The monoisotopic (exact) mass is 367 g/mol. The molecule has 1 heterocycles. The van der Waals surface area contributed by atoms with Crippen molar-refractivity contribution in [1.82, 2.24) is 10.2 Å². The summed E-state index contributed by atoms with van der Waals surface area (Å²) in [5.74, 6) is -0.953. The number of carbonyl (C=O) groups excluding carboxylic acids is 1. The van der Waals surface area contributed by atoms with E-state index in [4.69, 9.17) is 5.11 Å². The molecular weight excluding hydrogens is 342 g/mol. The largest absolute Gasteiger partial charge is 0.478 e. The molecule has 142 valence electrons. The van der Waals surface area contributed by atoms with Crippen molar-refractivity contribution in [2.45, 2.75) is 25.4 Å². The van der Waals surface area contributed by atoms with Gasteiger partial charge < -0.3 is 20.2 Å². The zero-order valence-electron chi connectivity index (χ0n) is 15.5. The number of benzene rings is 2. The smallest absolute Gasteiger partial charge is 0.335 e. The van der Waals surface area contributed by atoms with Crippen LogP contribution in [0, 0.1) is 0 Å². The number of piperidine rings is 1. The second-order valence-electron chi connectivity index (χ2n) is 6.85. The van der Waals surface area contributed by atoms with Gasteiger partial charge in [-0.3, -0.25) is 0 Å². The number of urea groups is 1. The Balaban J connectivity index is 1.54. The van der Waals surface area contributed by atoms with E-state index >= 15 is 0 Å². The Labute approximate surface area is 159 Å². The fourth-order valence-electron chi connectivity index (χ4n) is 3.38. The van der Waals surface area contributed by atoms with Gasteiger partial charge in [0.05, 0.1) is 11.6 Å². The van der Waals surface area contributed by atoms with Crippen molar-refractivity contribution in [1.29, 1.82) is 0 Å². The third-order valence-electron chi connectivity index (χ3n) is 5.03. The summed E-state index contributed by atoms with van der Waals surface area (Å²) in [7, 11) is 1.84. The van der Waals surface area contributed by atoms with Gasteiger partial charge in [0.1, 0.15) is 0 Å². The zero-order valence-corrected chi connectivity index (χ0v) is 15.5. The first-order chi connectivity index (χ1) is 13.0. The maximum atomic E-state index is 12.5. The zero-order chi connectivity index (χ0) is 19.2. The minimum Gasteiger partial charge on any atom is -0.478 e. The van der Waals surface area contributed by atoms with Gasteiger partial charge in [0.15, 0.2) is 0 Å². The summed E-state index contributed by atoms with van der Waals surface area (Å²) in [6, 6.07) is 16.9. The number of likely N-dealkylation sites (N-methyl/N-ethyl adjacent to an activating group) is 1. The predicted molar refractivity (Wildman–Crippen MR) is 105 cm³/mol. The number of carbonyl (C=O) groups is 2. The Hall–Kier alpha value is -3.02. The second kappa shape index (κ2) is 8.58. The molecule has 0 bridgehead atoms. The number of aromatic carboxylic acids is 1. The molecule has 6 nitrogen and oxygen atoms in total. The quantitative estimate of drug-likeness (QED) is 0.851. The van der Waals surface area contributed by atoms with Crippen LogP contribution in [0.15, 0.2) is 54.6 Å². The highest BCUT2D eigenvalue weighted by Gasteiger charge is 2.26. The standard InChI is InChI=1S/C21H25N3O3/c1-23(19-8-5-13-24(15-19)18-6-3-2-4-7-18)21(27)22-14-16-9-11-17(12-10-16)20(25)26/h2-4,6-7,9-12,19H,5,8,13-15H2,1H3,(H,22,27)(H,25,26). The molecule has 6 heteroatoms. The third kappa shape index (κ3) is 4.78. The summed E-state index contributed by atoms with van der Waals surface area (Å²) in [6.45, 7) is 2.20. The van der Waals surface area contributed by atoms with Gasteiger partial charge in [0.25, 0.3) is 0 Å². The molecule has 0 spiro atoms. The molecule has 2 N–H and O–H groups in total. The molecule has 1 fully saturated rings. The fraction of sp³-hybridized carbons (Fsp3) is 0.333. The first-order valence-corrected chi connectivity index (χ1v) is 9.17. The minimum absolute atomic E-state index is 0.114. The van der Waals surface area contributed by atoms with E-state index in [0.717, 1.165) is 31.5 Å². The molecule has 0 aromatic heterocycles. The average molecular weight is 367 g/mol. The SMILES string of the molecule is CN(C(=O)NCc1ccc(C(=O)O)cc1)C1CCCN(c2ccccc2)C1. The first kappa shape index (κ1) is 18.8. The van der Waals surface area contributed by atoms with Crippen molar-refractivity contribution in [3.05, 3.63) is 65.7 Å². The van der Waals surface area contributed by atoms with E-state index in [2.05, 4.69) is 22.3 Å². The number of anilines is 1. The predicted octanol–water partition coefficient (Wildman–Crippen LogP) is 3.20. The van der Waals surface area contributed by atoms with Crippen LogP contribution in [0.3, 0.4) is 0 Å². The Morgan fingerprint density at radius 2 is 1.85 bits per heavy atom. The normalized spacial score (nSPS) is 16.6. The van der Waals surface area contributed by atoms with Crippen LogP contribution in [0.5, 0.6) is 0 Å². The van der Waals surface area contributed by atoms with Crippen LogP contribution in [-0.2, 0) is 6.54 Å². The Morgan fingerprint density at radius 3 is 2.52 bits per heavy atom. The van der Waals surface area contributed by atoms with Crippen LogP contribution < -0.4 is 10.2 Å². The Kier molecular flexibility index (Phi) is 5.96. The number of carboxylic acids is 1. The second-order valence-corrected chi connectivity index (χ2v) is 6.85. The van der Waals surface area contributed by atoms with E-state index in [9.17, 15) is 9.59 Å². The van der Waals surface area contributed by atoms with E-state index in [1.165, 1.54) is 5.69 Å². The molecule has 1 saturated heterocycles. The molecule has 2 amide bonds. The highest BCUT2D eigenvalue weighted by atomic mass is 16.4. The van der Waals surface area contributed by atoms with E-state index in [-0.39, 0.29) is 17.6 Å². The van der Waals surface area contributed by atoms with Crippen LogP contribution in [0.2, 0.25) is 0 Å². The van der Waals surface area contributed by atoms with E-state index in [0.29, 0.717) is 6.54 Å². The molecule has 27 heavy (non-hydrogen) atoms. The lowest BCUT2D eigenvalue weighted by atomic mass is 10.0. The summed E-state index contributed by atoms with van der Waals surface area (Å²) in [5.41, 5.74) is 2.30. The number of hydrogen-bond donors (Lipinski definition) is 2. The minimum atomic E-state index is -0.953. The van der Waals surface area contributed by atoms with Crippen LogP contribution in [0.1, 0.15) is 28.8 Å². The van der Waals surface area contributed by atoms with Gasteiger partial charge in [-0.1, -0.05) is 30.3 Å². The number of hydrogen-bond acceptors (Lipinski definition) is 3. The number of para-hydroxylation sites is 1. The van der Waals surface area contributed by atoms with Gasteiger partial charge in [0, 0.05) is 32.4 Å². The molecule has 2 aromatic rings. The molecule has 1 aliphatic rings. The lowest BCUT2D eigenvalue weighted by Crippen LogP contribution is -2.51. The van der Waals surface area contributed by atoms with Crippen molar-refractivity contribution in [2.24, 2.45) is 0 Å². The first-order valence-electron chi connectivity index (χ1n) is 9.17. The van der Waals surface area contributed by atoms with Crippen LogP contribution >= 0.6 is 0 Å². The molecule has 0 radical (unpaired) electrons. The van der Waals surface area contributed by atoms with E-state index < -0.39 is 5.97 Å². The van der Waals surface area contributed by atoms with Gasteiger partial charge >= 0.3 is 12.0 Å². The average Bonchev–Trinajstić information content (AvgIpc) is 2.72. The van der Waals surface area contributed by atoms with Crippen molar-refractivity contribution < 1.29 is 14.7 Å². The van der Waals surface area contributed by atoms with Crippen LogP contribution in [-0.4, -0.2) is 48.2 Å². The van der Waals surface area contributed by atoms with Crippen LogP contribution in [0.25, 0.3) is 0 Å². The van der Waals surface area contributed by atoms with Gasteiger partial charge in [-0.05, 0) is 42.7 Å². The third-order valence-corrected chi connectivity index (χ3v) is 5.03. The van der Waals surface area contributed by atoms with E-state index in [1.54, 1.807) is 29.2 Å². The molecule has 1 unspecified atom stereocenters. The molecule has 3 rings (SSSR count). The Morgan fingerprint density at radius 1 is 1.15 bits per heavy atom. The van der Waals surface area contributed by atoms with Crippen molar-refractivity contribution in [3.63, 3.8) is 0 Å². The summed E-state index contributed by atoms with van der Waals surface area (Å²) in [4.78, 5) is 27.5. The molecular formula is C21H25N3O3. The molecule has 0 saturated carbocycles. The highest BCUT2D eigenvalue weighted by molar-refractivity contribution is 5.87. The topological polar surface area (TPSA) is 72.9 Å². The molecule has 0 aliphatic carbocycles. The highest BCUT2D eigenvalue weighted by Crippen LogP contribution is 2.21. The number of nitrogens with zero attached hydrogens (tertiary/aromatic N) is 2. The summed E-state index contributed by atoms with van der Waals surface area (Å²) >= 11 is 0. The Bertz CT molecular complexity index is 777. The van der Waals surface area contributed by atoms with Crippen molar-refractivity contribution in [3.8, 4) is 0 Å².